The molecule has 13 aromatic rings. The zero-order valence-electron chi connectivity index (χ0n) is 36.5. The molecule has 0 spiro atoms. The zero-order chi connectivity index (χ0) is 45.0. The SMILES string of the molecule is c1ccc(-c2cc(-c3cccc(-c4cccc5c4oc4cc6c(cc45)oc4c(-c5cccc(-c7cc(-c8ccccc8)nc(-c8ccccc8)n7)c5)cccc46)c3)nc(-c3ccccc3)n2)cc1. The quantitative estimate of drug-likeness (QED) is 0.151. The lowest BCUT2D eigenvalue weighted by Crippen LogP contribution is -1.96. The molecule has 13 rings (SSSR count). The topological polar surface area (TPSA) is 77.8 Å². The van der Waals surface area contributed by atoms with Gasteiger partial charge in [-0.2, -0.15) is 0 Å². The summed E-state index contributed by atoms with van der Waals surface area (Å²) in [5.41, 5.74) is 16.7. The summed E-state index contributed by atoms with van der Waals surface area (Å²) in [6, 6.07) is 79.0. The number of hydrogen-bond acceptors (Lipinski definition) is 6. The molecule has 0 aliphatic heterocycles. The van der Waals surface area contributed by atoms with Crippen LogP contribution in [-0.4, -0.2) is 19.9 Å². The maximum atomic E-state index is 6.85. The third-order valence-electron chi connectivity index (χ3n) is 12.7. The van der Waals surface area contributed by atoms with Crippen LogP contribution in [0.1, 0.15) is 0 Å². The van der Waals surface area contributed by atoms with Gasteiger partial charge in [0.2, 0.25) is 0 Å². The van der Waals surface area contributed by atoms with Gasteiger partial charge in [-0.25, -0.2) is 19.9 Å². The molecule has 0 unspecified atom stereocenters. The van der Waals surface area contributed by atoms with E-state index in [-0.39, 0.29) is 0 Å². The van der Waals surface area contributed by atoms with Crippen molar-refractivity contribution in [2.75, 3.05) is 0 Å². The summed E-state index contributed by atoms with van der Waals surface area (Å²) >= 11 is 0. The first-order valence-corrected chi connectivity index (χ1v) is 22.7. The van der Waals surface area contributed by atoms with Crippen LogP contribution in [0, 0.1) is 0 Å². The standard InChI is InChI=1S/C62H38N4O2/c1-5-17-39(18-6-1)53-37-55(65-61(63-53)41-21-9-3-10-22-41)45-27-13-25-43(33-45)47-29-15-31-49-51-35-58-52(36-57(51)67-59(47)49)50-32-16-30-48(60(50)68-58)44-26-14-28-46(34-44)56-38-54(40-19-7-2-8-20-40)64-62(66-56)42-23-11-4-12-24-42/h1-38H. The van der Waals surface area contributed by atoms with Crippen LogP contribution in [0.3, 0.4) is 0 Å². The molecule has 0 radical (unpaired) electrons. The molecule has 4 heterocycles. The van der Waals surface area contributed by atoms with Crippen molar-refractivity contribution < 1.29 is 8.83 Å². The second-order valence-electron chi connectivity index (χ2n) is 17.0. The molecule has 0 bridgehead atoms. The molecular weight excluding hydrogens is 833 g/mol. The monoisotopic (exact) mass is 870 g/mol. The Morgan fingerprint density at radius 2 is 0.559 bits per heavy atom. The first kappa shape index (κ1) is 39.1. The molecule has 0 aliphatic rings. The predicted octanol–water partition coefficient (Wildman–Crippen LogP) is 16.4. The van der Waals surface area contributed by atoms with Crippen LogP contribution in [-0.2, 0) is 0 Å². The third kappa shape index (κ3) is 7.00. The van der Waals surface area contributed by atoms with Crippen molar-refractivity contribution in [2.24, 2.45) is 0 Å². The summed E-state index contributed by atoms with van der Waals surface area (Å²) in [5, 5.41) is 4.03. The van der Waals surface area contributed by atoms with E-state index in [9.17, 15) is 0 Å². The Bertz CT molecular complexity index is 3630. The van der Waals surface area contributed by atoms with Gasteiger partial charge < -0.3 is 8.83 Å². The van der Waals surface area contributed by atoms with E-state index in [0.717, 1.165) is 122 Å². The van der Waals surface area contributed by atoms with Gasteiger partial charge >= 0.3 is 0 Å². The van der Waals surface area contributed by atoms with Crippen molar-refractivity contribution >= 4 is 43.9 Å². The molecule has 0 saturated heterocycles. The van der Waals surface area contributed by atoms with E-state index in [1.165, 1.54) is 0 Å². The van der Waals surface area contributed by atoms with E-state index in [2.05, 4.69) is 158 Å². The van der Waals surface area contributed by atoms with Crippen molar-refractivity contribution in [1.29, 1.82) is 0 Å². The molecule has 0 fully saturated rings. The van der Waals surface area contributed by atoms with Crippen LogP contribution >= 0.6 is 0 Å². The Morgan fingerprint density at radius 3 is 0.956 bits per heavy atom. The normalized spacial score (nSPS) is 11.5. The van der Waals surface area contributed by atoms with E-state index in [0.29, 0.717) is 11.6 Å². The maximum absolute atomic E-state index is 6.85. The smallest absolute Gasteiger partial charge is 0.160 e. The lowest BCUT2D eigenvalue weighted by molar-refractivity contribution is 0.665. The molecule has 0 atom stereocenters. The van der Waals surface area contributed by atoms with Crippen LogP contribution < -0.4 is 0 Å². The van der Waals surface area contributed by atoms with Crippen molar-refractivity contribution in [3.05, 3.63) is 231 Å². The Labute approximate surface area is 391 Å². The second kappa shape index (κ2) is 16.3. The number of fused-ring (bicyclic) bond motifs is 6. The second-order valence-corrected chi connectivity index (χ2v) is 17.0. The molecular formula is C62H38N4O2. The minimum absolute atomic E-state index is 0.682. The Hall–Kier alpha value is -9.26. The average Bonchev–Trinajstić information content (AvgIpc) is 3.98. The number of aromatic nitrogens is 4. The molecule has 4 aromatic heterocycles. The summed E-state index contributed by atoms with van der Waals surface area (Å²) < 4.78 is 13.7. The van der Waals surface area contributed by atoms with E-state index in [4.69, 9.17) is 28.8 Å². The van der Waals surface area contributed by atoms with Crippen molar-refractivity contribution in [1.82, 2.24) is 19.9 Å². The number of furan rings is 2. The van der Waals surface area contributed by atoms with E-state index >= 15 is 0 Å². The number of rotatable bonds is 8. The van der Waals surface area contributed by atoms with Gasteiger partial charge in [-0.1, -0.05) is 194 Å². The number of hydrogen-bond donors (Lipinski definition) is 0. The minimum atomic E-state index is 0.682. The van der Waals surface area contributed by atoms with E-state index in [1.54, 1.807) is 0 Å². The van der Waals surface area contributed by atoms with Crippen LogP contribution in [0.2, 0.25) is 0 Å². The molecule has 0 amide bonds. The molecule has 6 nitrogen and oxygen atoms in total. The molecule has 6 heteroatoms. The van der Waals surface area contributed by atoms with Crippen LogP contribution in [0.25, 0.3) is 134 Å². The summed E-state index contributed by atoms with van der Waals surface area (Å²) in [6.45, 7) is 0. The fourth-order valence-electron chi connectivity index (χ4n) is 9.37. The van der Waals surface area contributed by atoms with Crippen LogP contribution in [0.15, 0.2) is 239 Å². The van der Waals surface area contributed by atoms with Gasteiger partial charge in [0, 0.05) is 66.1 Å². The Morgan fingerprint density at radius 1 is 0.235 bits per heavy atom. The molecule has 0 aliphatic carbocycles. The highest BCUT2D eigenvalue weighted by atomic mass is 16.3. The summed E-state index contributed by atoms with van der Waals surface area (Å²) in [5.74, 6) is 1.36. The average molecular weight is 871 g/mol. The molecule has 68 heavy (non-hydrogen) atoms. The number of nitrogens with zero attached hydrogens (tertiary/aromatic N) is 4. The van der Waals surface area contributed by atoms with Crippen molar-refractivity contribution in [3.63, 3.8) is 0 Å². The highest BCUT2D eigenvalue weighted by Gasteiger charge is 2.20. The maximum Gasteiger partial charge on any atom is 0.160 e. The van der Waals surface area contributed by atoms with Gasteiger partial charge in [0.25, 0.3) is 0 Å². The van der Waals surface area contributed by atoms with Crippen LogP contribution in [0.5, 0.6) is 0 Å². The van der Waals surface area contributed by atoms with Crippen molar-refractivity contribution in [3.8, 4) is 90.1 Å². The fraction of sp³-hybridized carbons (Fsp3) is 0. The van der Waals surface area contributed by atoms with Crippen LogP contribution in [0.4, 0.5) is 0 Å². The van der Waals surface area contributed by atoms with Crippen molar-refractivity contribution in [2.45, 2.75) is 0 Å². The first-order chi connectivity index (χ1) is 33.7. The zero-order valence-corrected chi connectivity index (χ0v) is 36.5. The van der Waals surface area contributed by atoms with Gasteiger partial charge in [0.05, 0.1) is 22.8 Å². The summed E-state index contributed by atoms with van der Waals surface area (Å²) in [6.07, 6.45) is 0. The first-order valence-electron chi connectivity index (χ1n) is 22.7. The van der Waals surface area contributed by atoms with Gasteiger partial charge in [-0.15, -0.1) is 0 Å². The fourth-order valence-corrected chi connectivity index (χ4v) is 9.37. The number of benzene rings is 9. The Balaban J connectivity index is 0.884. The largest absolute Gasteiger partial charge is 0.455 e. The van der Waals surface area contributed by atoms with E-state index in [1.807, 2.05) is 72.8 Å². The van der Waals surface area contributed by atoms with Gasteiger partial charge in [0.15, 0.2) is 11.6 Å². The Kier molecular flexibility index (Phi) is 9.39. The molecule has 0 N–H and O–H groups in total. The van der Waals surface area contributed by atoms with Gasteiger partial charge in [0.1, 0.15) is 22.3 Å². The summed E-state index contributed by atoms with van der Waals surface area (Å²) in [4.78, 5) is 20.2. The third-order valence-corrected chi connectivity index (χ3v) is 12.7. The number of para-hydroxylation sites is 2. The highest BCUT2D eigenvalue weighted by molar-refractivity contribution is 6.18. The predicted molar refractivity (Wildman–Crippen MR) is 276 cm³/mol. The highest BCUT2D eigenvalue weighted by Crippen LogP contribution is 2.43. The van der Waals surface area contributed by atoms with E-state index < -0.39 is 0 Å². The molecule has 0 saturated carbocycles. The summed E-state index contributed by atoms with van der Waals surface area (Å²) in [7, 11) is 0. The minimum Gasteiger partial charge on any atom is -0.455 e. The molecule has 9 aromatic carbocycles. The molecule has 318 valence electrons. The van der Waals surface area contributed by atoms with Gasteiger partial charge in [-0.05, 0) is 47.5 Å². The lowest BCUT2D eigenvalue weighted by atomic mass is 9.98. The van der Waals surface area contributed by atoms with Gasteiger partial charge in [-0.3, -0.25) is 0 Å². The lowest BCUT2D eigenvalue weighted by Gasteiger charge is -2.11.